The molecule has 0 aromatic carbocycles. The fourth-order valence-electron chi connectivity index (χ4n) is 1.66. The molecule has 1 aliphatic rings. The highest BCUT2D eigenvalue weighted by Gasteiger charge is 2.46. The summed E-state index contributed by atoms with van der Waals surface area (Å²) in [6.07, 6.45) is 5.23. The van der Waals surface area contributed by atoms with Gasteiger partial charge in [0.15, 0.2) is 0 Å². The molecule has 1 aliphatic carbocycles. The summed E-state index contributed by atoms with van der Waals surface area (Å²) in [6, 6.07) is 0. The van der Waals surface area contributed by atoms with Crippen molar-refractivity contribution in [1.82, 2.24) is 0 Å². The maximum absolute atomic E-state index is 5.43. The van der Waals surface area contributed by atoms with E-state index in [1.807, 2.05) is 0 Å². The lowest BCUT2D eigenvalue weighted by Gasteiger charge is -2.27. The summed E-state index contributed by atoms with van der Waals surface area (Å²) in [4.78, 5) is 0.660. The summed E-state index contributed by atoms with van der Waals surface area (Å²) in [5.41, 5.74) is 0.646. The third-order valence-corrected chi connectivity index (χ3v) is 4.48. The second kappa shape index (κ2) is 3.90. The van der Waals surface area contributed by atoms with E-state index >= 15 is 0 Å². The van der Waals surface area contributed by atoms with Crippen molar-refractivity contribution in [3.8, 4) is 0 Å². The Morgan fingerprint density at radius 3 is 2.31 bits per heavy atom. The van der Waals surface area contributed by atoms with Gasteiger partial charge < -0.3 is 4.74 Å². The topological polar surface area (TPSA) is 9.23 Å². The molecule has 0 radical (unpaired) electrons. The van der Waals surface area contributed by atoms with Crippen LogP contribution >= 0.6 is 15.9 Å². The van der Waals surface area contributed by atoms with Crippen molar-refractivity contribution in [1.29, 1.82) is 0 Å². The van der Waals surface area contributed by atoms with Gasteiger partial charge in [0.1, 0.15) is 0 Å². The van der Waals surface area contributed by atoms with Crippen molar-refractivity contribution < 1.29 is 4.74 Å². The average Bonchev–Trinajstić information content (AvgIpc) is 2.82. The molecule has 1 saturated carbocycles. The summed E-state index contributed by atoms with van der Waals surface area (Å²) >= 11 is 3.71. The third-order valence-electron chi connectivity index (χ3n) is 3.51. The number of hydrogen-bond acceptors (Lipinski definition) is 1. The minimum Gasteiger partial charge on any atom is -0.379 e. The van der Waals surface area contributed by atoms with Gasteiger partial charge in [-0.1, -0.05) is 22.9 Å². The number of rotatable bonds is 5. The number of methoxy groups -OCH3 is 1. The summed E-state index contributed by atoms with van der Waals surface area (Å²) in [5, 5.41) is 0. The van der Waals surface area contributed by atoms with E-state index in [-0.39, 0.29) is 5.60 Å². The van der Waals surface area contributed by atoms with E-state index in [2.05, 4.69) is 36.7 Å². The maximum Gasteiger partial charge on any atom is 0.0623 e. The predicted molar refractivity (Wildman–Crippen MR) is 60.4 cm³/mol. The fraction of sp³-hybridized carbons (Fsp3) is 1.00. The Bertz CT molecular complexity index is 171. The van der Waals surface area contributed by atoms with Crippen LogP contribution in [0.3, 0.4) is 0 Å². The van der Waals surface area contributed by atoms with Crippen LogP contribution < -0.4 is 0 Å². The molecule has 78 valence electrons. The van der Waals surface area contributed by atoms with E-state index in [0.717, 1.165) is 0 Å². The van der Waals surface area contributed by atoms with Gasteiger partial charge in [-0.2, -0.15) is 0 Å². The average molecular weight is 249 g/mol. The van der Waals surface area contributed by atoms with E-state index in [1.54, 1.807) is 7.11 Å². The van der Waals surface area contributed by atoms with Crippen LogP contribution in [0.25, 0.3) is 0 Å². The molecule has 0 saturated heterocycles. The fourth-order valence-corrected chi connectivity index (χ4v) is 2.35. The third kappa shape index (κ3) is 2.95. The zero-order valence-corrected chi connectivity index (χ0v) is 10.8. The smallest absolute Gasteiger partial charge is 0.0623 e. The van der Waals surface area contributed by atoms with E-state index < -0.39 is 0 Å². The Labute approximate surface area is 90.4 Å². The first-order chi connectivity index (χ1) is 5.92. The molecule has 0 spiro atoms. The minimum absolute atomic E-state index is 0.0531. The molecule has 0 aromatic heterocycles. The van der Waals surface area contributed by atoms with E-state index in [0.29, 0.717) is 10.2 Å². The normalized spacial score (nSPS) is 22.8. The standard InChI is InChI=1S/C11H21BrO/c1-9(12)11(7-8-11)6-5-10(2,3)13-4/h9H,5-8H2,1-4H3. The van der Waals surface area contributed by atoms with E-state index in [1.165, 1.54) is 25.7 Å². The van der Waals surface area contributed by atoms with Gasteiger partial charge in [0.25, 0.3) is 0 Å². The molecule has 0 aliphatic heterocycles. The molecular formula is C11H21BrO. The summed E-state index contributed by atoms with van der Waals surface area (Å²) in [5.74, 6) is 0. The second-order valence-corrected chi connectivity index (χ2v) is 6.32. The van der Waals surface area contributed by atoms with Crippen LogP contribution in [-0.2, 0) is 4.74 Å². The Hall–Kier alpha value is 0.440. The van der Waals surface area contributed by atoms with Gasteiger partial charge >= 0.3 is 0 Å². The Balaban J connectivity index is 2.34. The summed E-state index contributed by atoms with van der Waals surface area (Å²) in [6.45, 7) is 6.61. The largest absolute Gasteiger partial charge is 0.379 e. The molecule has 1 nitrogen and oxygen atoms in total. The van der Waals surface area contributed by atoms with Crippen molar-refractivity contribution >= 4 is 15.9 Å². The molecule has 1 fully saturated rings. The second-order valence-electron chi connectivity index (χ2n) is 4.94. The zero-order chi connectivity index (χ0) is 10.1. The van der Waals surface area contributed by atoms with Crippen molar-refractivity contribution in [2.24, 2.45) is 5.41 Å². The maximum atomic E-state index is 5.43. The predicted octanol–water partition coefficient (Wildman–Crippen LogP) is 3.76. The quantitative estimate of drug-likeness (QED) is 0.674. The number of ether oxygens (including phenoxy) is 1. The van der Waals surface area contributed by atoms with Crippen LogP contribution in [0, 0.1) is 5.41 Å². The minimum atomic E-state index is 0.0531. The van der Waals surface area contributed by atoms with Gasteiger partial charge in [-0.3, -0.25) is 0 Å². The molecule has 0 amide bonds. The van der Waals surface area contributed by atoms with Crippen LogP contribution in [0.4, 0.5) is 0 Å². The van der Waals surface area contributed by atoms with Gasteiger partial charge in [0, 0.05) is 11.9 Å². The highest BCUT2D eigenvalue weighted by molar-refractivity contribution is 9.09. The van der Waals surface area contributed by atoms with E-state index in [9.17, 15) is 0 Å². The van der Waals surface area contributed by atoms with Crippen LogP contribution in [0.2, 0.25) is 0 Å². The van der Waals surface area contributed by atoms with Gasteiger partial charge in [-0.25, -0.2) is 0 Å². The number of halogens is 1. The molecule has 0 N–H and O–H groups in total. The Kier molecular flexibility index (Phi) is 3.45. The molecule has 0 aromatic rings. The lowest BCUT2D eigenvalue weighted by molar-refractivity contribution is 0.00937. The lowest BCUT2D eigenvalue weighted by atomic mass is 9.91. The van der Waals surface area contributed by atoms with Crippen LogP contribution in [0.1, 0.15) is 46.5 Å². The summed E-state index contributed by atoms with van der Waals surface area (Å²) < 4.78 is 5.43. The first-order valence-electron chi connectivity index (χ1n) is 5.11. The van der Waals surface area contributed by atoms with E-state index in [4.69, 9.17) is 4.74 Å². The molecule has 1 atom stereocenters. The Morgan fingerprint density at radius 2 is 2.00 bits per heavy atom. The van der Waals surface area contributed by atoms with Crippen molar-refractivity contribution in [3.05, 3.63) is 0 Å². The zero-order valence-electron chi connectivity index (χ0n) is 9.19. The highest BCUT2D eigenvalue weighted by Crippen LogP contribution is 2.55. The molecule has 1 unspecified atom stereocenters. The van der Waals surface area contributed by atoms with Gasteiger partial charge in [0.05, 0.1) is 5.60 Å². The SMILES string of the molecule is COC(C)(C)CCC1(C(C)Br)CC1. The monoisotopic (exact) mass is 248 g/mol. The molecule has 0 heterocycles. The van der Waals surface area contributed by atoms with Crippen LogP contribution in [-0.4, -0.2) is 17.5 Å². The van der Waals surface area contributed by atoms with Gasteiger partial charge in [0.2, 0.25) is 0 Å². The van der Waals surface area contributed by atoms with Crippen molar-refractivity contribution in [2.45, 2.75) is 56.9 Å². The Morgan fingerprint density at radius 1 is 1.46 bits per heavy atom. The highest BCUT2D eigenvalue weighted by atomic mass is 79.9. The lowest BCUT2D eigenvalue weighted by Crippen LogP contribution is -2.25. The molecule has 13 heavy (non-hydrogen) atoms. The van der Waals surface area contributed by atoms with Crippen LogP contribution in [0.5, 0.6) is 0 Å². The molecule has 0 bridgehead atoms. The molecular weight excluding hydrogens is 228 g/mol. The molecule has 1 rings (SSSR count). The molecule has 2 heteroatoms. The first-order valence-corrected chi connectivity index (χ1v) is 6.03. The first kappa shape index (κ1) is 11.5. The van der Waals surface area contributed by atoms with Gasteiger partial charge in [-0.15, -0.1) is 0 Å². The van der Waals surface area contributed by atoms with Crippen molar-refractivity contribution in [2.75, 3.05) is 7.11 Å². The van der Waals surface area contributed by atoms with Crippen molar-refractivity contribution in [3.63, 3.8) is 0 Å². The number of hydrogen-bond donors (Lipinski definition) is 0. The van der Waals surface area contributed by atoms with Crippen LogP contribution in [0.15, 0.2) is 0 Å². The summed E-state index contributed by atoms with van der Waals surface area (Å²) in [7, 11) is 1.80. The van der Waals surface area contributed by atoms with Gasteiger partial charge in [-0.05, 0) is 44.9 Å². The number of alkyl halides is 1.